The molecule has 17 heavy (non-hydrogen) atoms. The van der Waals surface area contributed by atoms with Crippen LogP contribution in [0, 0.1) is 11.3 Å². The number of carboxylic acid groups (broad SMARTS) is 1. The molecule has 1 saturated heterocycles. The predicted molar refractivity (Wildman–Crippen MR) is 67.0 cm³/mol. The Kier molecular flexibility index (Phi) is 5.40. The van der Waals surface area contributed by atoms with Gasteiger partial charge in [0.2, 0.25) is 0 Å². The number of carboxylic acids is 1. The minimum Gasteiger partial charge on any atom is -0.481 e. The quantitative estimate of drug-likeness (QED) is 0.724. The van der Waals surface area contributed by atoms with Gasteiger partial charge < -0.3 is 15.2 Å². The number of ether oxygens (including phenoxy) is 1. The van der Waals surface area contributed by atoms with E-state index in [2.05, 4.69) is 26.1 Å². The van der Waals surface area contributed by atoms with E-state index in [9.17, 15) is 4.79 Å². The second kappa shape index (κ2) is 6.36. The number of carbonyl (C=O) groups is 1. The van der Waals surface area contributed by atoms with Crippen molar-refractivity contribution >= 4 is 5.97 Å². The van der Waals surface area contributed by atoms with Crippen LogP contribution in [0.5, 0.6) is 0 Å². The number of hydrogen-bond acceptors (Lipinski definition) is 3. The molecule has 1 heterocycles. The van der Waals surface area contributed by atoms with E-state index in [4.69, 9.17) is 9.84 Å². The Hall–Kier alpha value is -0.610. The summed E-state index contributed by atoms with van der Waals surface area (Å²) in [4.78, 5) is 10.9. The van der Waals surface area contributed by atoms with Crippen molar-refractivity contribution in [3.05, 3.63) is 0 Å². The molecule has 2 unspecified atom stereocenters. The molecule has 1 aliphatic heterocycles. The molecule has 0 aromatic carbocycles. The summed E-state index contributed by atoms with van der Waals surface area (Å²) in [5, 5.41) is 12.1. The lowest BCUT2D eigenvalue weighted by atomic mass is 9.91. The van der Waals surface area contributed by atoms with Crippen molar-refractivity contribution in [1.29, 1.82) is 0 Å². The van der Waals surface area contributed by atoms with Crippen molar-refractivity contribution in [2.45, 2.75) is 46.1 Å². The number of aliphatic carboxylic acids is 1. The second-order valence-electron chi connectivity index (χ2n) is 6.09. The first kappa shape index (κ1) is 14.5. The monoisotopic (exact) mass is 243 g/mol. The molecule has 1 fully saturated rings. The second-order valence-corrected chi connectivity index (χ2v) is 6.09. The smallest absolute Gasteiger partial charge is 0.307 e. The average Bonchev–Trinajstić information content (AvgIpc) is 2.23. The molecule has 0 radical (unpaired) electrons. The summed E-state index contributed by atoms with van der Waals surface area (Å²) in [6.07, 6.45) is 2.87. The number of rotatable bonds is 5. The Morgan fingerprint density at radius 2 is 2.12 bits per heavy atom. The molecule has 0 aromatic rings. The zero-order valence-electron chi connectivity index (χ0n) is 11.2. The van der Waals surface area contributed by atoms with Gasteiger partial charge in [0.15, 0.2) is 0 Å². The summed E-state index contributed by atoms with van der Waals surface area (Å²) in [6.45, 7) is 8.73. The van der Waals surface area contributed by atoms with Crippen LogP contribution in [0.15, 0.2) is 0 Å². The Morgan fingerprint density at radius 1 is 1.41 bits per heavy atom. The maximum Gasteiger partial charge on any atom is 0.307 e. The van der Waals surface area contributed by atoms with E-state index >= 15 is 0 Å². The summed E-state index contributed by atoms with van der Waals surface area (Å²) in [5.74, 6) is -1.02. The number of nitrogens with one attached hydrogen (secondary N) is 1. The Morgan fingerprint density at radius 3 is 2.71 bits per heavy atom. The molecular formula is C13H25NO3. The van der Waals surface area contributed by atoms with Crippen LogP contribution in [-0.4, -0.2) is 36.9 Å². The van der Waals surface area contributed by atoms with Gasteiger partial charge in [-0.2, -0.15) is 0 Å². The van der Waals surface area contributed by atoms with Crippen LogP contribution >= 0.6 is 0 Å². The zero-order valence-corrected chi connectivity index (χ0v) is 11.2. The Bertz CT molecular complexity index is 248. The zero-order chi connectivity index (χ0) is 12.9. The van der Waals surface area contributed by atoms with Crippen LogP contribution in [-0.2, 0) is 9.53 Å². The van der Waals surface area contributed by atoms with E-state index < -0.39 is 5.97 Å². The molecule has 4 nitrogen and oxygen atoms in total. The van der Waals surface area contributed by atoms with E-state index in [0.717, 1.165) is 26.0 Å². The first-order valence-corrected chi connectivity index (χ1v) is 6.43. The van der Waals surface area contributed by atoms with E-state index in [1.807, 2.05) is 0 Å². The summed E-state index contributed by atoms with van der Waals surface area (Å²) >= 11 is 0. The third-order valence-electron chi connectivity index (χ3n) is 3.08. The molecule has 1 rings (SSSR count). The first-order valence-electron chi connectivity index (χ1n) is 6.43. The minimum atomic E-state index is -0.722. The first-order chi connectivity index (χ1) is 7.88. The van der Waals surface area contributed by atoms with Crippen LogP contribution in [0.2, 0.25) is 0 Å². The molecule has 2 atom stereocenters. The van der Waals surface area contributed by atoms with E-state index in [-0.39, 0.29) is 12.0 Å². The highest BCUT2D eigenvalue weighted by molar-refractivity contribution is 5.70. The normalized spacial score (nSPS) is 25.8. The number of hydrogen-bond donors (Lipinski definition) is 2. The lowest BCUT2D eigenvalue weighted by molar-refractivity contribution is -0.144. The van der Waals surface area contributed by atoms with Crippen LogP contribution in [0.4, 0.5) is 0 Å². The van der Waals surface area contributed by atoms with Crippen molar-refractivity contribution in [2.75, 3.05) is 19.7 Å². The largest absolute Gasteiger partial charge is 0.481 e. The van der Waals surface area contributed by atoms with Gasteiger partial charge in [0.25, 0.3) is 0 Å². The van der Waals surface area contributed by atoms with Crippen molar-refractivity contribution in [2.24, 2.45) is 11.3 Å². The molecule has 4 heteroatoms. The summed E-state index contributed by atoms with van der Waals surface area (Å²) in [5.41, 5.74) is 0.345. The van der Waals surface area contributed by atoms with Crippen molar-refractivity contribution in [3.63, 3.8) is 0 Å². The number of piperidine rings is 1. The van der Waals surface area contributed by atoms with Crippen molar-refractivity contribution in [1.82, 2.24) is 5.32 Å². The average molecular weight is 243 g/mol. The molecule has 100 valence electrons. The lowest BCUT2D eigenvalue weighted by Gasteiger charge is -2.28. The van der Waals surface area contributed by atoms with Gasteiger partial charge in [-0.1, -0.05) is 20.8 Å². The Labute approximate surface area is 104 Å². The van der Waals surface area contributed by atoms with Gasteiger partial charge >= 0.3 is 5.97 Å². The summed E-state index contributed by atoms with van der Waals surface area (Å²) in [7, 11) is 0. The minimum absolute atomic E-state index is 0.0600. The Balaban J connectivity index is 2.17. The summed E-state index contributed by atoms with van der Waals surface area (Å²) < 4.78 is 5.73. The maximum absolute atomic E-state index is 10.9. The van der Waals surface area contributed by atoms with Gasteiger partial charge in [-0.3, -0.25) is 4.79 Å². The molecule has 2 N–H and O–H groups in total. The molecule has 0 spiro atoms. The molecular weight excluding hydrogens is 218 g/mol. The fourth-order valence-corrected chi connectivity index (χ4v) is 2.07. The summed E-state index contributed by atoms with van der Waals surface area (Å²) in [6, 6.07) is 0. The van der Waals surface area contributed by atoms with Gasteiger partial charge in [-0.15, -0.1) is 0 Å². The SMILES string of the molecule is CC(C)(C)CCCOC1CNCC(C(=O)O)C1. The van der Waals surface area contributed by atoms with Gasteiger partial charge in [0.1, 0.15) is 0 Å². The van der Waals surface area contributed by atoms with E-state index in [0.29, 0.717) is 18.4 Å². The fourth-order valence-electron chi connectivity index (χ4n) is 2.07. The highest BCUT2D eigenvalue weighted by Crippen LogP contribution is 2.21. The van der Waals surface area contributed by atoms with Crippen molar-refractivity contribution < 1.29 is 14.6 Å². The molecule has 0 saturated carbocycles. The van der Waals surface area contributed by atoms with Gasteiger partial charge in [0.05, 0.1) is 12.0 Å². The highest BCUT2D eigenvalue weighted by Gasteiger charge is 2.27. The predicted octanol–water partition coefficient (Wildman–Crippen LogP) is 1.89. The van der Waals surface area contributed by atoms with Crippen molar-refractivity contribution in [3.8, 4) is 0 Å². The molecule has 0 amide bonds. The fraction of sp³-hybridized carbons (Fsp3) is 0.923. The lowest BCUT2D eigenvalue weighted by Crippen LogP contribution is -2.43. The third-order valence-corrected chi connectivity index (χ3v) is 3.08. The molecule has 0 bridgehead atoms. The van der Waals surface area contributed by atoms with Crippen LogP contribution in [0.25, 0.3) is 0 Å². The van der Waals surface area contributed by atoms with E-state index in [1.165, 1.54) is 0 Å². The van der Waals surface area contributed by atoms with Crippen LogP contribution in [0.3, 0.4) is 0 Å². The molecule has 1 aliphatic rings. The van der Waals surface area contributed by atoms with Gasteiger partial charge in [-0.25, -0.2) is 0 Å². The maximum atomic E-state index is 10.9. The van der Waals surface area contributed by atoms with Gasteiger partial charge in [0, 0.05) is 19.7 Å². The van der Waals surface area contributed by atoms with E-state index in [1.54, 1.807) is 0 Å². The highest BCUT2D eigenvalue weighted by atomic mass is 16.5. The standard InChI is InChI=1S/C13H25NO3/c1-13(2,3)5-4-6-17-11-7-10(12(15)16)8-14-9-11/h10-11,14H,4-9H2,1-3H3,(H,15,16). The van der Waals surface area contributed by atoms with Gasteiger partial charge in [-0.05, 0) is 24.7 Å². The third kappa shape index (κ3) is 6.03. The molecule has 0 aromatic heterocycles. The molecule has 0 aliphatic carbocycles. The van der Waals surface area contributed by atoms with Crippen LogP contribution < -0.4 is 5.32 Å². The van der Waals surface area contributed by atoms with Crippen LogP contribution in [0.1, 0.15) is 40.0 Å². The topological polar surface area (TPSA) is 58.6 Å².